The summed E-state index contributed by atoms with van der Waals surface area (Å²) in [6, 6.07) is 6.36. The first-order chi connectivity index (χ1) is 8.60. The van der Waals surface area contributed by atoms with Crippen molar-refractivity contribution in [1.82, 2.24) is 9.97 Å². The minimum absolute atomic E-state index is 0.358. The van der Waals surface area contributed by atoms with Crippen LogP contribution in [0, 0.1) is 20.8 Å². The Bertz CT molecular complexity index is 567. The third kappa shape index (κ3) is 2.65. The minimum atomic E-state index is 0.358. The maximum absolute atomic E-state index is 5.68. The molecule has 2 rings (SSSR count). The lowest BCUT2D eigenvalue weighted by Crippen LogP contribution is -2.03. The van der Waals surface area contributed by atoms with Crippen LogP contribution in [0.1, 0.15) is 22.4 Å². The summed E-state index contributed by atoms with van der Waals surface area (Å²) in [6.07, 6.45) is 1.71. The van der Waals surface area contributed by atoms with Crippen LogP contribution in [0.25, 0.3) is 0 Å². The van der Waals surface area contributed by atoms with Gasteiger partial charge in [-0.1, -0.05) is 17.7 Å². The molecule has 94 valence electrons. The Hall–Kier alpha value is -1.94. The normalized spacial score (nSPS) is 10.4. The van der Waals surface area contributed by atoms with Gasteiger partial charge in [0.25, 0.3) is 0 Å². The summed E-state index contributed by atoms with van der Waals surface area (Å²) in [6.45, 7) is 6.39. The molecule has 18 heavy (non-hydrogen) atoms. The van der Waals surface area contributed by atoms with E-state index in [9.17, 15) is 0 Å². The number of ether oxygens (including phenoxy) is 1. The maximum atomic E-state index is 5.68. The zero-order valence-corrected chi connectivity index (χ0v) is 10.9. The van der Waals surface area contributed by atoms with E-state index in [1.807, 2.05) is 32.9 Å². The van der Waals surface area contributed by atoms with Crippen LogP contribution in [0.4, 0.5) is 0 Å². The molecule has 1 aromatic carbocycles. The maximum Gasteiger partial charge on any atom is 0.322 e. The second-order valence-electron chi connectivity index (χ2n) is 4.34. The Kier molecular flexibility index (Phi) is 3.58. The molecule has 0 aliphatic heterocycles. The topological polar surface area (TPSA) is 61.0 Å². The van der Waals surface area contributed by atoms with Gasteiger partial charge in [-0.15, -0.1) is 0 Å². The molecule has 0 bridgehead atoms. The van der Waals surface area contributed by atoms with Crippen LogP contribution in [0.15, 0.2) is 24.4 Å². The van der Waals surface area contributed by atoms with Crippen LogP contribution in [-0.2, 0) is 6.54 Å². The van der Waals surface area contributed by atoms with Crippen molar-refractivity contribution in [3.05, 3.63) is 46.8 Å². The third-order valence-corrected chi connectivity index (χ3v) is 2.81. The van der Waals surface area contributed by atoms with Gasteiger partial charge in [-0.2, -0.15) is 4.98 Å². The number of nitrogens with two attached hydrogens (primary N) is 1. The third-order valence-electron chi connectivity index (χ3n) is 2.81. The van der Waals surface area contributed by atoms with Crippen LogP contribution in [0.3, 0.4) is 0 Å². The summed E-state index contributed by atoms with van der Waals surface area (Å²) in [5.41, 5.74) is 9.63. The Morgan fingerprint density at radius 2 is 2.00 bits per heavy atom. The average molecular weight is 243 g/mol. The predicted octanol–water partition coefficient (Wildman–Crippen LogP) is 2.65. The molecule has 2 aromatic rings. The molecule has 2 N–H and O–H groups in total. The summed E-state index contributed by atoms with van der Waals surface area (Å²) in [7, 11) is 0. The highest BCUT2D eigenvalue weighted by atomic mass is 16.5. The van der Waals surface area contributed by atoms with E-state index in [1.165, 1.54) is 5.56 Å². The van der Waals surface area contributed by atoms with E-state index in [-0.39, 0.29) is 0 Å². The zero-order valence-electron chi connectivity index (χ0n) is 10.9. The predicted molar refractivity (Wildman–Crippen MR) is 70.7 cm³/mol. The van der Waals surface area contributed by atoms with Crippen LogP contribution in [-0.4, -0.2) is 9.97 Å². The van der Waals surface area contributed by atoms with Gasteiger partial charge in [0.15, 0.2) is 0 Å². The Morgan fingerprint density at radius 3 is 2.61 bits per heavy atom. The Labute approximate surface area is 107 Å². The standard InChI is InChI=1S/C14H17N3O/c1-9-4-5-13(10(2)6-9)18-14-16-8-12(7-15)11(3)17-14/h4-6,8H,7,15H2,1-3H3. The highest BCUT2D eigenvalue weighted by Gasteiger charge is 2.06. The molecule has 0 aliphatic carbocycles. The fraction of sp³-hybridized carbons (Fsp3) is 0.286. The van der Waals surface area contributed by atoms with Gasteiger partial charge in [0.1, 0.15) is 5.75 Å². The van der Waals surface area contributed by atoms with Gasteiger partial charge in [-0.05, 0) is 32.4 Å². The highest BCUT2D eigenvalue weighted by Crippen LogP contribution is 2.23. The Morgan fingerprint density at radius 1 is 1.22 bits per heavy atom. The van der Waals surface area contributed by atoms with Gasteiger partial charge in [0.05, 0.1) is 0 Å². The number of nitrogens with zero attached hydrogens (tertiary/aromatic N) is 2. The summed E-state index contributed by atoms with van der Waals surface area (Å²) < 4.78 is 5.68. The van der Waals surface area contributed by atoms with Gasteiger partial charge in [-0.25, -0.2) is 4.98 Å². The second kappa shape index (κ2) is 5.14. The lowest BCUT2D eigenvalue weighted by Gasteiger charge is -2.09. The summed E-state index contributed by atoms with van der Waals surface area (Å²) in [4.78, 5) is 8.45. The lowest BCUT2D eigenvalue weighted by molar-refractivity contribution is 0.436. The number of hydrogen-bond acceptors (Lipinski definition) is 4. The first kappa shape index (κ1) is 12.5. The molecule has 0 saturated carbocycles. The highest BCUT2D eigenvalue weighted by molar-refractivity contribution is 5.37. The zero-order chi connectivity index (χ0) is 13.1. The SMILES string of the molecule is Cc1ccc(Oc2ncc(CN)c(C)n2)c(C)c1. The van der Waals surface area contributed by atoms with Gasteiger partial charge in [-0.3, -0.25) is 0 Å². The van der Waals surface area contributed by atoms with Crippen LogP contribution >= 0.6 is 0 Å². The minimum Gasteiger partial charge on any atom is -0.424 e. The van der Waals surface area contributed by atoms with E-state index in [4.69, 9.17) is 10.5 Å². The molecule has 1 heterocycles. The molecule has 0 unspecified atom stereocenters. The fourth-order valence-electron chi connectivity index (χ4n) is 1.73. The van der Waals surface area contributed by atoms with Gasteiger partial charge >= 0.3 is 6.01 Å². The van der Waals surface area contributed by atoms with Crippen LogP contribution in [0.5, 0.6) is 11.8 Å². The molecule has 1 aromatic heterocycles. The average Bonchev–Trinajstić information content (AvgIpc) is 2.33. The van der Waals surface area contributed by atoms with Gasteiger partial charge in [0, 0.05) is 24.0 Å². The lowest BCUT2D eigenvalue weighted by atomic mass is 10.1. The molecule has 0 spiro atoms. The van der Waals surface area contributed by atoms with E-state index in [0.717, 1.165) is 22.6 Å². The summed E-state index contributed by atoms with van der Waals surface area (Å²) >= 11 is 0. The molecule has 0 fully saturated rings. The number of aryl methyl sites for hydroxylation is 3. The van der Waals surface area contributed by atoms with Crippen LogP contribution < -0.4 is 10.5 Å². The number of benzene rings is 1. The second-order valence-corrected chi connectivity index (χ2v) is 4.34. The van der Waals surface area contributed by atoms with Crippen molar-refractivity contribution in [2.45, 2.75) is 27.3 Å². The largest absolute Gasteiger partial charge is 0.424 e. The van der Waals surface area contributed by atoms with E-state index < -0.39 is 0 Å². The summed E-state index contributed by atoms with van der Waals surface area (Å²) in [5, 5.41) is 0. The molecular formula is C14H17N3O. The molecule has 0 amide bonds. The van der Waals surface area contributed by atoms with Crippen molar-refractivity contribution in [3.8, 4) is 11.8 Å². The van der Waals surface area contributed by atoms with Crippen molar-refractivity contribution < 1.29 is 4.74 Å². The van der Waals surface area contributed by atoms with Crippen molar-refractivity contribution in [2.24, 2.45) is 5.73 Å². The number of rotatable bonds is 3. The quantitative estimate of drug-likeness (QED) is 0.900. The van der Waals surface area contributed by atoms with Crippen molar-refractivity contribution in [3.63, 3.8) is 0 Å². The number of hydrogen-bond donors (Lipinski definition) is 1. The number of aromatic nitrogens is 2. The van der Waals surface area contributed by atoms with Crippen molar-refractivity contribution in [1.29, 1.82) is 0 Å². The molecular weight excluding hydrogens is 226 g/mol. The van der Waals surface area contributed by atoms with E-state index in [0.29, 0.717) is 12.6 Å². The smallest absolute Gasteiger partial charge is 0.322 e. The summed E-state index contributed by atoms with van der Waals surface area (Å²) in [5.74, 6) is 0.778. The van der Waals surface area contributed by atoms with Gasteiger partial charge in [0.2, 0.25) is 0 Å². The van der Waals surface area contributed by atoms with E-state index >= 15 is 0 Å². The van der Waals surface area contributed by atoms with Gasteiger partial charge < -0.3 is 10.5 Å². The molecule has 0 aliphatic rings. The van der Waals surface area contributed by atoms with E-state index in [1.54, 1.807) is 6.20 Å². The Balaban J connectivity index is 2.26. The molecule has 0 atom stereocenters. The first-order valence-electron chi connectivity index (χ1n) is 5.88. The van der Waals surface area contributed by atoms with E-state index in [2.05, 4.69) is 16.0 Å². The van der Waals surface area contributed by atoms with Crippen molar-refractivity contribution >= 4 is 0 Å². The van der Waals surface area contributed by atoms with Crippen LogP contribution in [0.2, 0.25) is 0 Å². The molecule has 4 nitrogen and oxygen atoms in total. The monoisotopic (exact) mass is 243 g/mol. The fourth-order valence-corrected chi connectivity index (χ4v) is 1.73. The van der Waals surface area contributed by atoms with Crippen molar-refractivity contribution in [2.75, 3.05) is 0 Å². The molecule has 0 radical (unpaired) electrons. The first-order valence-corrected chi connectivity index (χ1v) is 5.88. The molecule has 0 saturated heterocycles. The molecule has 4 heteroatoms.